The Balaban J connectivity index is 2.02. The Morgan fingerprint density at radius 2 is 1.69 bits per heavy atom. The number of hydrogen-bond acceptors (Lipinski definition) is 2. The van der Waals surface area contributed by atoms with Crippen LogP contribution in [0.3, 0.4) is 0 Å². The fourth-order valence-electron chi connectivity index (χ4n) is 2.49. The van der Waals surface area contributed by atoms with Gasteiger partial charge in [0, 0.05) is 13.1 Å². The second-order valence-electron chi connectivity index (χ2n) is 5.93. The highest BCUT2D eigenvalue weighted by atomic mass is 16.5. The third kappa shape index (κ3) is 1.69. The summed E-state index contributed by atoms with van der Waals surface area (Å²) in [6, 6.07) is 0.350. The Kier molecular flexibility index (Phi) is 2.65. The van der Waals surface area contributed by atoms with Crippen molar-refractivity contribution < 1.29 is 4.74 Å². The van der Waals surface area contributed by atoms with Gasteiger partial charge in [0.2, 0.25) is 0 Å². The van der Waals surface area contributed by atoms with Gasteiger partial charge >= 0.3 is 0 Å². The summed E-state index contributed by atoms with van der Waals surface area (Å²) in [6.45, 7) is 12.3. The van der Waals surface area contributed by atoms with E-state index in [4.69, 9.17) is 10.5 Å². The molecule has 1 saturated heterocycles. The lowest BCUT2D eigenvalue weighted by Gasteiger charge is -2.27. The molecule has 2 N–H and O–H groups in total. The second-order valence-corrected chi connectivity index (χ2v) is 5.93. The third-order valence-corrected chi connectivity index (χ3v) is 4.54. The molecule has 16 heavy (non-hydrogen) atoms. The van der Waals surface area contributed by atoms with Gasteiger partial charge in [-0.15, -0.1) is 0 Å². The van der Waals surface area contributed by atoms with Gasteiger partial charge in [0.1, 0.15) is 0 Å². The maximum atomic E-state index is 6.05. The van der Waals surface area contributed by atoms with Gasteiger partial charge in [-0.1, -0.05) is 27.7 Å². The predicted molar refractivity (Wildman–Crippen MR) is 65.4 cm³/mol. The van der Waals surface area contributed by atoms with E-state index in [1.807, 2.05) is 0 Å². The standard InChI is InChI=1S/C12H23N3O/c1-11(2)9(12(11,3)4)14-10(13)15-5-7-16-8-6-15/h9H,5-8H2,1-4H3,(H2,13,14). The summed E-state index contributed by atoms with van der Waals surface area (Å²) < 4.78 is 5.30. The smallest absolute Gasteiger partial charge is 0.191 e. The number of rotatable bonds is 1. The van der Waals surface area contributed by atoms with Crippen LogP contribution in [0.2, 0.25) is 0 Å². The lowest BCUT2D eigenvalue weighted by Crippen LogP contribution is -2.45. The van der Waals surface area contributed by atoms with Crippen LogP contribution in [0.5, 0.6) is 0 Å². The number of morpholine rings is 1. The first-order valence-corrected chi connectivity index (χ1v) is 6.03. The van der Waals surface area contributed by atoms with E-state index in [0.717, 1.165) is 26.3 Å². The molecule has 1 saturated carbocycles. The van der Waals surface area contributed by atoms with Gasteiger partial charge in [0.15, 0.2) is 5.96 Å². The summed E-state index contributed by atoms with van der Waals surface area (Å²) >= 11 is 0. The van der Waals surface area contributed by atoms with Crippen LogP contribution in [0, 0.1) is 10.8 Å². The van der Waals surface area contributed by atoms with Gasteiger partial charge in [0.25, 0.3) is 0 Å². The molecule has 2 aliphatic rings. The molecule has 2 rings (SSSR count). The molecule has 0 amide bonds. The molecule has 92 valence electrons. The SMILES string of the molecule is CC1(C)C(N=C(N)N2CCOCC2)C1(C)C. The van der Waals surface area contributed by atoms with Crippen molar-refractivity contribution >= 4 is 5.96 Å². The van der Waals surface area contributed by atoms with E-state index >= 15 is 0 Å². The van der Waals surface area contributed by atoms with Crippen LogP contribution in [0.4, 0.5) is 0 Å². The topological polar surface area (TPSA) is 50.8 Å². The molecule has 1 aliphatic heterocycles. The molecule has 0 bridgehead atoms. The van der Waals surface area contributed by atoms with Crippen molar-refractivity contribution in [2.24, 2.45) is 21.6 Å². The van der Waals surface area contributed by atoms with Crippen LogP contribution in [0.15, 0.2) is 4.99 Å². The van der Waals surface area contributed by atoms with Crippen molar-refractivity contribution in [3.8, 4) is 0 Å². The molecule has 0 aromatic rings. The molecule has 0 aromatic carbocycles. The van der Waals surface area contributed by atoms with E-state index < -0.39 is 0 Å². The van der Waals surface area contributed by atoms with Gasteiger partial charge in [-0.05, 0) is 10.8 Å². The first kappa shape index (κ1) is 11.7. The number of ether oxygens (including phenoxy) is 1. The number of hydrogen-bond donors (Lipinski definition) is 1. The predicted octanol–water partition coefficient (Wildman–Crippen LogP) is 1.07. The van der Waals surface area contributed by atoms with Gasteiger partial charge in [-0.2, -0.15) is 0 Å². The fourth-order valence-corrected chi connectivity index (χ4v) is 2.49. The molecule has 0 spiro atoms. The monoisotopic (exact) mass is 225 g/mol. The quantitative estimate of drug-likeness (QED) is 0.536. The van der Waals surface area contributed by atoms with Crippen molar-refractivity contribution in [3.63, 3.8) is 0 Å². The van der Waals surface area contributed by atoms with Gasteiger partial charge in [-0.25, -0.2) is 4.99 Å². The van der Waals surface area contributed by atoms with E-state index in [1.54, 1.807) is 0 Å². The number of nitrogens with two attached hydrogens (primary N) is 1. The number of guanidine groups is 1. The van der Waals surface area contributed by atoms with Crippen molar-refractivity contribution in [2.45, 2.75) is 33.7 Å². The second kappa shape index (κ2) is 3.62. The minimum atomic E-state index is 0.268. The van der Waals surface area contributed by atoms with Gasteiger partial charge < -0.3 is 15.4 Å². The highest BCUT2D eigenvalue weighted by Crippen LogP contribution is 2.64. The lowest BCUT2D eigenvalue weighted by molar-refractivity contribution is 0.0673. The molecule has 0 aromatic heterocycles. The Morgan fingerprint density at radius 3 is 2.12 bits per heavy atom. The van der Waals surface area contributed by atoms with E-state index in [-0.39, 0.29) is 10.8 Å². The summed E-state index contributed by atoms with van der Waals surface area (Å²) in [6.07, 6.45) is 0. The Labute approximate surface area is 97.9 Å². The van der Waals surface area contributed by atoms with Gasteiger partial charge in [0.05, 0.1) is 19.3 Å². The Hall–Kier alpha value is -0.770. The minimum Gasteiger partial charge on any atom is -0.378 e. The van der Waals surface area contributed by atoms with Gasteiger partial charge in [-0.3, -0.25) is 0 Å². The van der Waals surface area contributed by atoms with E-state index in [2.05, 4.69) is 37.6 Å². The maximum Gasteiger partial charge on any atom is 0.191 e. The zero-order chi connectivity index (χ0) is 12.0. The molecule has 0 atom stereocenters. The fraction of sp³-hybridized carbons (Fsp3) is 0.917. The Morgan fingerprint density at radius 1 is 1.19 bits per heavy atom. The first-order valence-electron chi connectivity index (χ1n) is 6.03. The van der Waals surface area contributed by atoms with Crippen molar-refractivity contribution in [1.29, 1.82) is 0 Å². The summed E-state index contributed by atoms with van der Waals surface area (Å²) in [5, 5.41) is 0. The Bertz CT molecular complexity index is 289. The molecular weight excluding hydrogens is 202 g/mol. The molecule has 0 radical (unpaired) electrons. The zero-order valence-corrected chi connectivity index (χ0v) is 10.8. The van der Waals surface area contributed by atoms with Crippen LogP contribution in [0.25, 0.3) is 0 Å². The molecule has 1 aliphatic carbocycles. The van der Waals surface area contributed by atoms with Crippen molar-refractivity contribution in [1.82, 2.24) is 4.90 Å². The highest BCUT2D eigenvalue weighted by Gasteiger charge is 2.65. The molecule has 4 heteroatoms. The molecular formula is C12H23N3O. The zero-order valence-electron chi connectivity index (χ0n) is 10.8. The largest absolute Gasteiger partial charge is 0.378 e. The van der Waals surface area contributed by atoms with E-state index in [1.165, 1.54) is 0 Å². The average Bonchev–Trinajstić information content (AvgIpc) is 2.62. The van der Waals surface area contributed by atoms with Crippen LogP contribution >= 0.6 is 0 Å². The number of aliphatic imine (C=N–C) groups is 1. The summed E-state index contributed by atoms with van der Waals surface area (Å²) in [5.74, 6) is 0.687. The molecule has 2 fully saturated rings. The average molecular weight is 225 g/mol. The van der Waals surface area contributed by atoms with Crippen LogP contribution in [-0.2, 0) is 4.74 Å². The third-order valence-electron chi connectivity index (χ3n) is 4.54. The van der Waals surface area contributed by atoms with Crippen LogP contribution < -0.4 is 5.73 Å². The molecule has 0 unspecified atom stereocenters. The molecule has 1 heterocycles. The first-order chi connectivity index (χ1) is 7.37. The minimum absolute atomic E-state index is 0.268. The number of nitrogens with zero attached hydrogens (tertiary/aromatic N) is 2. The van der Waals surface area contributed by atoms with Crippen molar-refractivity contribution in [3.05, 3.63) is 0 Å². The summed E-state index contributed by atoms with van der Waals surface area (Å²) in [7, 11) is 0. The van der Waals surface area contributed by atoms with Crippen LogP contribution in [0.1, 0.15) is 27.7 Å². The lowest BCUT2D eigenvalue weighted by atomic mass is 10.0. The van der Waals surface area contributed by atoms with Crippen molar-refractivity contribution in [2.75, 3.05) is 26.3 Å². The summed E-state index contributed by atoms with van der Waals surface area (Å²) in [4.78, 5) is 6.80. The maximum absolute atomic E-state index is 6.05. The normalized spacial score (nSPS) is 29.2. The van der Waals surface area contributed by atoms with Crippen LogP contribution in [-0.4, -0.2) is 43.2 Å². The highest BCUT2D eigenvalue weighted by molar-refractivity contribution is 5.78. The van der Waals surface area contributed by atoms with E-state index in [9.17, 15) is 0 Å². The molecule has 4 nitrogen and oxygen atoms in total. The van der Waals surface area contributed by atoms with E-state index in [0.29, 0.717) is 12.0 Å². The summed E-state index contributed by atoms with van der Waals surface area (Å²) in [5.41, 5.74) is 6.59.